The second-order valence-corrected chi connectivity index (χ2v) is 4.05. The van der Waals surface area contributed by atoms with Crippen LogP contribution in [0, 0.1) is 0 Å². The summed E-state index contributed by atoms with van der Waals surface area (Å²) in [6.45, 7) is 0.839. The lowest BCUT2D eigenvalue weighted by atomic mass is 10.2. The molecule has 0 amide bonds. The van der Waals surface area contributed by atoms with Crippen LogP contribution >= 0.6 is 11.6 Å². The van der Waals surface area contributed by atoms with Crippen LogP contribution in [0.5, 0.6) is 0 Å². The van der Waals surface area contributed by atoms with Gasteiger partial charge in [0, 0.05) is 23.6 Å². The molecular formula is C12H13ClN4. The van der Waals surface area contributed by atoms with E-state index in [4.69, 9.17) is 11.6 Å². The molecule has 0 radical (unpaired) electrons. The number of rotatable bonds is 4. The van der Waals surface area contributed by atoms with Crippen LogP contribution < -0.4 is 5.32 Å². The van der Waals surface area contributed by atoms with E-state index in [1.54, 1.807) is 6.20 Å². The highest BCUT2D eigenvalue weighted by atomic mass is 35.5. The molecule has 0 atom stereocenters. The van der Waals surface area contributed by atoms with E-state index in [1.165, 1.54) is 0 Å². The second kappa shape index (κ2) is 5.70. The fraction of sp³-hybridized carbons (Fsp3) is 0.250. The quantitative estimate of drug-likeness (QED) is 0.899. The van der Waals surface area contributed by atoms with Crippen LogP contribution in [-0.2, 0) is 6.42 Å². The van der Waals surface area contributed by atoms with Gasteiger partial charge in [0.2, 0.25) is 0 Å². The molecule has 2 aromatic rings. The van der Waals surface area contributed by atoms with Crippen molar-refractivity contribution in [3.63, 3.8) is 0 Å². The van der Waals surface area contributed by atoms with E-state index in [1.807, 2.05) is 31.3 Å². The first-order valence-electron chi connectivity index (χ1n) is 5.39. The van der Waals surface area contributed by atoms with Gasteiger partial charge in [0.1, 0.15) is 0 Å². The molecule has 0 saturated carbocycles. The van der Waals surface area contributed by atoms with Gasteiger partial charge in [0.25, 0.3) is 0 Å². The van der Waals surface area contributed by atoms with Gasteiger partial charge in [-0.1, -0.05) is 23.7 Å². The molecule has 5 heteroatoms. The summed E-state index contributed by atoms with van der Waals surface area (Å²) in [5.41, 5.74) is 1.82. The highest BCUT2D eigenvalue weighted by Gasteiger charge is 2.03. The third-order valence-electron chi connectivity index (χ3n) is 2.34. The Morgan fingerprint density at radius 1 is 1.24 bits per heavy atom. The molecule has 2 rings (SSSR count). The molecule has 17 heavy (non-hydrogen) atoms. The Kier molecular flexibility index (Phi) is 4.01. The Morgan fingerprint density at radius 3 is 2.71 bits per heavy atom. The van der Waals surface area contributed by atoms with Crippen LogP contribution in [0.2, 0.25) is 5.02 Å². The number of nitrogens with one attached hydrogen (secondary N) is 1. The van der Waals surface area contributed by atoms with Crippen LogP contribution in [0.25, 0.3) is 11.3 Å². The molecule has 88 valence electrons. The van der Waals surface area contributed by atoms with Crippen molar-refractivity contribution in [1.82, 2.24) is 20.5 Å². The number of hydrogen-bond acceptors (Lipinski definition) is 4. The smallest absolute Gasteiger partial charge is 0.152 e. The summed E-state index contributed by atoms with van der Waals surface area (Å²) in [6, 6.07) is 7.53. The molecule has 0 fully saturated rings. The first-order valence-corrected chi connectivity index (χ1v) is 5.76. The third-order valence-corrected chi connectivity index (χ3v) is 2.59. The van der Waals surface area contributed by atoms with Gasteiger partial charge < -0.3 is 5.32 Å². The van der Waals surface area contributed by atoms with E-state index in [2.05, 4.69) is 20.5 Å². The minimum atomic E-state index is 0.714. The zero-order chi connectivity index (χ0) is 12.1. The van der Waals surface area contributed by atoms with Crippen LogP contribution in [0.1, 0.15) is 5.82 Å². The summed E-state index contributed by atoms with van der Waals surface area (Å²) in [4.78, 5) is 4.45. The Bertz CT molecular complexity index is 484. The molecule has 1 heterocycles. The first kappa shape index (κ1) is 12.0. The summed E-state index contributed by atoms with van der Waals surface area (Å²) in [7, 11) is 1.90. The van der Waals surface area contributed by atoms with E-state index in [9.17, 15) is 0 Å². The van der Waals surface area contributed by atoms with Gasteiger partial charge in [-0.3, -0.25) is 0 Å². The number of aromatic nitrogens is 3. The number of halogens is 1. The first-order chi connectivity index (χ1) is 8.29. The van der Waals surface area contributed by atoms with Crippen molar-refractivity contribution in [3.8, 4) is 11.3 Å². The Balaban J connectivity index is 2.23. The topological polar surface area (TPSA) is 50.7 Å². The van der Waals surface area contributed by atoms with Crippen LogP contribution in [-0.4, -0.2) is 28.8 Å². The van der Waals surface area contributed by atoms with Crippen molar-refractivity contribution < 1.29 is 0 Å². The van der Waals surface area contributed by atoms with E-state index in [0.717, 1.165) is 30.0 Å². The van der Waals surface area contributed by atoms with Gasteiger partial charge in [-0.15, -0.1) is 5.10 Å². The second-order valence-electron chi connectivity index (χ2n) is 3.62. The van der Waals surface area contributed by atoms with Crippen molar-refractivity contribution in [3.05, 3.63) is 41.3 Å². The lowest BCUT2D eigenvalue weighted by molar-refractivity contribution is 0.735. The van der Waals surface area contributed by atoms with E-state index in [-0.39, 0.29) is 0 Å². The van der Waals surface area contributed by atoms with Gasteiger partial charge >= 0.3 is 0 Å². The molecule has 0 aliphatic heterocycles. The van der Waals surface area contributed by atoms with Crippen molar-refractivity contribution in [1.29, 1.82) is 0 Å². The average Bonchev–Trinajstić information content (AvgIpc) is 2.37. The fourth-order valence-corrected chi connectivity index (χ4v) is 1.57. The standard InChI is InChI=1S/C12H13ClN4/c1-14-7-6-12-16-11(8-15-17-12)9-2-4-10(13)5-3-9/h2-5,8,14H,6-7H2,1H3. The minimum absolute atomic E-state index is 0.714. The predicted octanol–water partition coefficient (Wildman–Crippen LogP) is 1.95. The fourth-order valence-electron chi connectivity index (χ4n) is 1.44. The van der Waals surface area contributed by atoms with Crippen LogP contribution in [0.15, 0.2) is 30.5 Å². The molecule has 1 aromatic carbocycles. The summed E-state index contributed by atoms with van der Waals surface area (Å²) in [6.07, 6.45) is 2.43. The molecule has 0 unspecified atom stereocenters. The summed E-state index contributed by atoms with van der Waals surface area (Å²) in [5.74, 6) is 0.742. The Labute approximate surface area is 105 Å². The zero-order valence-electron chi connectivity index (χ0n) is 9.52. The highest BCUT2D eigenvalue weighted by Crippen LogP contribution is 2.18. The predicted molar refractivity (Wildman–Crippen MR) is 67.9 cm³/mol. The molecule has 0 aliphatic rings. The SMILES string of the molecule is CNCCc1nncc(-c2ccc(Cl)cc2)n1. The maximum absolute atomic E-state index is 5.84. The van der Waals surface area contributed by atoms with Gasteiger partial charge in [-0.05, 0) is 19.2 Å². The lowest BCUT2D eigenvalue weighted by Crippen LogP contribution is -2.12. The lowest BCUT2D eigenvalue weighted by Gasteiger charge is -2.02. The number of hydrogen-bond donors (Lipinski definition) is 1. The van der Waals surface area contributed by atoms with E-state index in [0.29, 0.717) is 5.02 Å². The van der Waals surface area contributed by atoms with Crippen molar-refractivity contribution in [2.24, 2.45) is 0 Å². The highest BCUT2D eigenvalue weighted by molar-refractivity contribution is 6.30. The molecule has 0 bridgehead atoms. The molecule has 1 N–H and O–H groups in total. The van der Waals surface area contributed by atoms with Crippen molar-refractivity contribution >= 4 is 11.6 Å². The summed E-state index contributed by atoms with van der Waals surface area (Å²) >= 11 is 5.84. The summed E-state index contributed by atoms with van der Waals surface area (Å²) < 4.78 is 0. The van der Waals surface area contributed by atoms with Crippen LogP contribution in [0.4, 0.5) is 0 Å². The number of nitrogens with zero attached hydrogens (tertiary/aromatic N) is 3. The zero-order valence-corrected chi connectivity index (χ0v) is 10.3. The monoisotopic (exact) mass is 248 g/mol. The van der Waals surface area contributed by atoms with Gasteiger partial charge in [-0.2, -0.15) is 5.10 Å². The van der Waals surface area contributed by atoms with E-state index >= 15 is 0 Å². The Hall–Kier alpha value is -1.52. The maximum Gasteiger partial charge on any atom is 0.152 e. The largest absolute Gasteiger partial charge is 0.319 e. The molecule has 0 saturated heterocycles. The van der Waals surface area contributed by atoms with Crippen molar-refractivity contribution in [2.45, 2.75) is 6.42 Å². The Morgan fingerprint density at radius 2 is 2.00 bits per heavy atom. The normalized spacial score (nSPS) is 10.5. The van der Waals surface area contributed by atoms with Gasteiger partial charge in [0.15, 0.2) is 5.82 Å². The van der Waals surface area contributed by atoms with Gasteiger partial charge in [-0.25, -0.2) is 4.98 Å². The van der Waals surface area contributed by atoms with Crippen LogP contribution in [0.3, 0.4) is 0 Å². The third kappa shape index (κ3) is 3.22. The molecule has 1 aromatic heterocycles. The maximum atomic E-state index is 5.84. The molecule has 0 aliphatic carbocycles. The number of benzene rings is 1. The van der Waals surface area contributed by atoms with Crippen molar-refractivity contribution in [2.75, 3.05) is 13.6 Å². The van der Waals surface area contributed by atoms with E-state index < -0.39 is 0 Å². The van der Waals surface area contributed by atoms with Gasteiger partial charge in [0.05, 0.1) is 11.9 Å². The molecule has 4 nitrogen and oxygen atoms in total. The molecular weight excluding hydrogens is 236 g/mol. The molecule has 0 spiro atoms. The summed E-state index contributed by atoms with van der Waals surface area (Å²) in [5, 5.41) is 11.7. The average molecular weight is 249 g/mol. The number of likely N-dealkylation sites (N-methyl/N-ethyl adjacent to an activating group) is 1. The minimum Gasteiger partial charge on any atom is -0.319 e.